The Morgan fingerprint density at radius 2 is 1.43 bits per heavy atom. The van der Waals surface area contributed by atoms with Crippen molar-refractivity contribution in [3.8, 4) is 0 Å². The van der Waals surface area contributed by atoms with E-state index in [1.807, 2.05) is 12.4 Å². The number of likely N-dealkylation sites (tertiary alicyclic amines) is 2. The summed E-state index contributed by atoms with van der Waals surface area (Å²) in [7, 11) is 0. The summed E-state index contributed by atoms with van der Waals surface area (Å²) in [6.45, 7) is 10.5. The fourth-order valence-electron chi connectivity index (χ4n) is 6.22. The molecule has 8 nitrogen and oxygen atoms in total. The van der Waals surface area contributed by atoms with Crippen LogP contribution in [0.4, 0.5) is 0 Å². The minimum Gasteiger partial charge on any atom is -0.348 e. The maximum Gasteiger partial charge on any atom is 0.229 e. The zero-order valence-electron chi connectivity index (χ0n) is 22.3. The Balaban J connectivity index is 1.17. The minimum absolute atomic E-state index is 0.124. The third-order valence-corrected chi connectivity index (χ3v) is 8.47. The number of benzene rings is 1. The van der Waals surface area contributed by atoms with E-state index in [1.54, 1.807) is 12.4 Å². The molecule has 37 heavy (non-hydrogen) atoms. The smallest absolute Gasteiger partial charge is 0.229 e. The number of carbonyl (C=O) groups is 1. The van der Waals surface area contributed by atoms with Crippen LogP contribution in [0.1, 0.15) is 68.7 Å². The second kappa shape index (κ2) is 11.6. The number of aromatic amines is 2. The van der Waals surface area contributed by atoms with Gasteiger partial charge in [-0.25, -0.2) is 9.97 Å². The van der Waals surface area contributed by atoms with Crippen molar-refractivity contribution in [1.82, 2.24) is 34.6 Å². The lowest BCUT2D eigenvalue weighted by molar-refractivity contribution is -0.139. The predicted molar refractivity (Wildman–Crippen MR) is 144 cm³/mol. The molecule has 2 N–H and O–H groups in total. The van der Waals surface area contributed by atoms with Crippen molar-refractivity contribution in [2.45, 2.75) is 78.2 Å². The van der Waals surface area contributed by atoms with Gasteiger partial charge in [0.15, 0.2) is 0 Å². The van der Waals surface area contributed by atoms with Gasteiger partial charge in [-0.05, 0) is 56.3 Å². The van der Waals surface area contributed by atoms with Crippen molar-refractivity contribution >= 4 is 5.91 Å². The Morgan fingerprint density at radius 1 is 0.865 bits per heavy atom. The van der Waals surface area contributed by atoms with Gasteiger partial charge in [0.2, 0.25) is 5.91 Å². The highest BCUT2D eigenvalue weighted by atomic mass is 16.2. The van der Waals surface area contributed by atoms with Crippen LogP contribution in [0.3, 0.4) is 0 Å². The molecule has 2 aromatic heterocycles. The Kier molecular flexibility index (Phi) is 8.05. The molecule has 0 aliphatic carbocycles. The Bertz CT molecular complexity index is 1060. The molecule has 198 valence electrons. The second-order valence-corrected chi connectivity index (χ2v) is 10.8. The van der Waals surface area contributed by atoms with Gasteiger partial charge in [-0.3, -0.25) is 9.69 Å². The van der Waals surface area contributed by atoms with Crippen LogP contribution in [-0.4, -0.2) is 66.2 Å². The van der Waals surface area contributed by atoms with E-state index in [4.69, 9.17) is 0 Å². The van der Waals surface area contributed by atoms with Crippen molar-refractivity contribution in [3.63, 3.8) is 0 Å². The molecule has 0 saturated carbocycles. The lowest BCUT2D eigenvalue weighted by Crippen LogP contribution is -2.47. The third-order valence-electron chi connectivity index (χ3n) is 8.47. The predicted octanol–water partition coefficient (Wildman–Crippen LogP) is 4.34. The molecule has 0 bridgehead atoms. The van der Waals surface area contributed by atoms with E-state index in [0.29, 0.717) is 31.6 Å². The van der Waals surface area contributed by atoms with Gasteiger partial charge in [0.05, 0.1) is 18.5 Å². The van der Waals surface area contributed by atoms with E-state index in [2.05, 4.69) is 72.7 Å². The van der Waals surface area contributed by atoms with Gasteiger partial charge < -0.3 is 19.8 Å². The number of carbonyl (C=O) groups excluding carboxylic acids is 1. The summed E-state index contributed by atoms with van der Waals surface area (Å²) in [5.74, 6) is 2.26. The molecule has 1 aromatic carbocycles. The van der Waals surface area contributed by atoms with Gasteiger partial charge in [0.1, 0.15) is 11.6 Å². The quantitative estimate of drug-likeness (QED) is 0.407. The number of piperidine rings is 1. The molecule has 8 heteroatoms. The largest absolute Gasteiger partial charge is 0.348 e. The van der Waals surface area contributed by atoms with E-state index in [-0.39, 0.29) is 5.41 Å². The van der Waals surface area contributed by atoms with Crippen molar-refractivity contribution in [1.29, 1.82) is 0 Å². The van der Waals surface area contributed by atoms with Crippen molar-refractivity contribution in [2.24, 2.45) is 5.41 Å². The maximum absolute atomic E-state index is 13.5. The molecule has 1 amide bonds. The number of rotatable bonds is 11. The summed E-state index contributed by atoms with van der Waals surface area (Å²) in [6, 6.07) is 9.41. The monoisotopic (exact) mass is 503 g/mol. The molecule has 2 fully saturated rings. The van der Waals surface area contributed by atoms with Crippen LogP contribution >= 0.6 is 0 Å². The van der Waals surface area contributed by atoms with Crippen LogP contribution in [0.5, 0.6) is 0 Å². The zero-order valence-corrected chi connectivity index (χ0v) is 22.3. The lowest BCUT2D eigenvalue weighted by atomic mass is 9.76. The molecular weight excluding hydrogens is 462 g/mol. The molecule has 0 unspecified atom stereocenters. The van der Waals surface area contributed by atoms with Gasteiger partial charge >= 0.3 is 0 Å². The number of H-pyrrole nitrogens is 2. The fourth-order valence-corrected chi connectivity index (χ4v) is 6.22. The van der Waals surface area contributed by atoms with Crippen molar-refractivity contribution in [2.75, 3.05) is 19.6 Å². The molecule has 0 atom stereocenters. The van der Waals surface area contributed by atoms with E-state index in [1.165, 1.54) is 24.0 Å². The number of hydrogen-bond donors (Lipinski definition) is 2. The van der Waals surface area contributed by atoms with Gasteiger partial charge in [0, 0.05) is 50.5 Å². The van der Waals surface area contributed by atoms with Crippen LogP contribution in [-0.2, 0) is 31.0 Å². The average Bonchev–Trinajstić information content (AvgIpc) is 3.68. The fraction of sp³-hybridized carbons (Fsp3) is 0.552. The Morgan fingerprint density at radius 3 is 1.97 bits per heavy atom. The topological polar surface area (TPSA) is 84.2 Å². The van der Waals surface area contributed by atoms with Crippen LogP contribution in [0.25, 0.3) is 0 Å². The van der Waals surface area contributed by atoms with Gasteiger partial charge in [-0.1, -0.05) is 38.1 Å². The van der Waals surface area contributed by atoms with Gasteiger partial charge in [0.25, 0.3) is 0 Å². The van der Waals surface area contributed by atoms with E-state index >= 15 is 0 Å². The number of imidazole rings is 2. The maximum atomic E-state index is 13.5. The molecule has 2 aliphatic rings. The average molecular weight is 504 g/mol. The second-order valence-electron chi connectivity index (χ2n) is 10.8. The first-order valence-corrected chi connectivity index (χ1v) is 13.9. The normalized spacial score (nSPS) is 18.1. The summed E-state index contributed by atoms with van der Waals surface area (Å²) in [5.41, 5.74) is 2.31. The van der Waals surface area contributed by atoms with Crippen molar-refractivity contribution in [3.05, 3.63) is 71.8 Å². The number of nitrogens with zero attached hydrogens (tertiary/aromatic N) is 5. The van der Waals surface area contributed by atoms with E-state index in [0.717, 1.165) is 57.1 Å². The first kappa shape index (κ1) is 25.7. The highest BCUT2D eigenvalue weighted by molar-refractivity contribution is 5.85. The molecule has 0 radical (unpaired) electrons. The van der Waals surface area contributed by atoms with Crippen molar-refractivity contribution < 1.29 is 4.79 Å². The number of nitrogens with one attached hydrogen (secondary N) is 2. The Labute approximate surface area is 220 Å². The summed E-state index contributed by atoms with van der Waals surface area (Å²) >= 11 is 0. The van der Waals surface area contributed by atoms with Gasteiger partial charge in [-0.2, -0.15) is 0 Å². The standard InChI is InChI=1S/C29H41N7O/c1-3-25(4-2)35-16-9-29(10-17-35)11-18-36(28(29)37)20-24-7-5-23(6-8-24)19-34(21-26-30-12-13-31-26)22-27-32-14-15-33-27/h5-8,12-15,25H,3-4,9-11,16-22H2,1-2H3,(H,30,31)(H,32,33). The highest BCUT2D eigenvalue weighted by Crippen LogP contribution is 2.42. The summed E-state index contributed by atoms with van der Waals surface area (Å²) in [6.07, 6.45) is 12.7. The summed E-state index contributed by atoms with van der Waals surface area (Å²) < 4.78 is 0. The third kappa shape index (κ3) is 5.96. The first-order valence-electron chi connectivity index (χ1n) is 13.9. The van der Waals surface area contributed by atoms with Crippen LogP contribution < -0.4 is 0 Å². The molecule has 2 saturated heterocycles. The van der Waals surface area contributed by atoms with Crippen LogP contribution in [0.2, 0.25) is 0 Å². The molecule has 1 spiro atoms. The summed E-state index contributed by atoms with van der Waals surface area (Å²) in [4.78, 5) is 35.7. The minimum atomic E-state index is -0.124. The first-order chi connectivity index (χ1) is 18.1. The van der Waals surface area contributed by atoms with Crippen LogP contribution in [0.15, 0.2) is 49.1 Å². The molecule has 2 aliphatic heterocycles. The summed E-state index contributed by atoms with van der Waals surface area (Å²) in [5, 5.41) is 0. The van der Waals surface area contributed by atoms with Crippen LogP contribution in [0, 0.1) is 5.41 Å². The van der Waals surface area contributed by atoms with E-state index < -0.39 is 0 Å². The highest BCUT2D eigenvalue weighted by Gasteiger charge is 2.48. The molecule has 5 rings (SSSR count). The van der Waals surface area contributed by atoms with Gasteiger partial charge in [-0.15, -0.1) is 0 Å². The zero-order chi connectivity index (χ0) is 25.7. The Hall–Kier alpha value is -2.97. The molecule has 3 aromatic rings. The molecule has 4 heterocycles. The number of hydrogen-bond acceptors (Lipinski definition) is 5. The molecular formula is C29H41N7O. The number of aromatic nitrogens is 4. The lowest BCUT2D eigenvalue weighted by Gasteiger charge is -2.41. The SMILES string of the molecule is CCC(CC)N1CCC2(CCN(Cc3ccc(CN(Cc4ncc[nH]4)Cc4ncc[nH]4)cc3)C2=O)CC1. The van der Waals surface area contributed by atoms with E-state index in [9.17, 15) is 4.79 Å². The number of amides is 1.